The standard InChI is InChI=1S/C16H17N3O2/c20-16(18-13-4-3-7-17-12-13)14-5-1-2-6-15(14)19-8-10-21-11-9-19/h1-7,12H,8-11H2,(H,18,20). The highest BCUT2D eigenvalue weighted by atomic mass is 16.5. The SMILES string of the molecule is O=C(Nc1cccnc1)c1ccccc1N1CCOCC1. The number of hydrogen-bond acceptors (Lipinski definition) is 4. The van der Waals surface area contributed by atoms with Crippen molar-refractivity contribution in [3.8, 4) is 0 Å². The van der Waals surface area contributed by atoms with Gasteiger partial charge in [0.2, 0.25) is 0 Å². The topological polar surface area (TPSA) is 54.5 Å². The van der Waals surface area contributed by atoms with Crippen LogP contribution in [0, 0.1) is 0 Å². The lowest BCUT2D eigenvalue weighted by Gasteiger charge is -2.30. The molecule has 1 fully saturated rings. The molecule has 1 aromatic heterocycles. The van der Waals surface area contributed by atoms with Crippen LogP contribution >= 0.6 is 0 Å². The van der Waals surface area contributed by atoms with Crippen molar-refractivity contribution in [2.75, 3.05) is 36.5 Å². The molecule has 108 valence electrons. The Morgan fingerprint density at radius 3 is 2.71 bits per heavy atom. The van der Waals surface area contributed by atoms with Crippen molar-refractivity contribution in [3.05, 3.63) is 54.4 Å². The van der Waals surface area contributed by atoms with Crippen LogP contribution in [0.1, 0.15) is 10.4 Å². The molecular formula is C16H17N3O2. The van der Waals surface area contributed by atoms with E-state index in [9.17, 15) is 4.79 Å². The Bertz CT molecular complexity index is 610. The summed E-state index contributed by atoms with van der Waals surface area (Å²) in [6, 6.07) is 11.3. The van der Waals surface area contributed by atoms with Crippen LogP contribution in [0.5, 0.6) is 0 Å². The smallest absolute Gasteiger partial charge is 0.257 e. The first-order valence-electron chi connectivity index (χ1n) is 6.98. The van der Waals surface area contributed by atoms with Crippen molar-refractivity contribution in [1.82, 2.24) is 4.98 Å². The molecule has 5 nitrogen and oxygen atoms in total. The largest absolute Gasteiger partial charge is 0.378 e. The van der Waals surface area contributed by atoms with Gasteiger partial charge in [0.1, 0.15) is 0 Å². The third-order valence-corrected chi connectivity index (χ3v) is 3.42. The van der Waals surface area contributed by atoms with Crippen LogP contribution in [0.4, 0.5) is 11.4 Å². The normalized spacial score (nSPS) is 14.8. The summed E-state index contributed by atoms with van der Waals surface area (Å²) in [7, 11) is 0. The molecule has 1 aromatic carbocycles. The first-order chi connectivity index (χ1) is 10.3. The predicted octanol–water partition coefficient (Wildman–Crippen LogP) is 2.17. The van der Waals surface area contributed by atoms with Gasteiger partial charge in [-0.15, -0.1) is 0 Å². The van der Waals surface area contributed by atoms with E-state index in [0.29, 0.717) is 24.5 Å². The first kappa shape index (κ1) is 13.6. The van der Waals surface area contributed by atoms with Gasteiger partial charge < -0.3 is 15.0 Å². The van der Waals surface area contributed by atoms with Crippen molar-refractivity contribution >= 4 is 17.3 Å². The minimum Gasteiger partial charge on any atom is -0.378 e. The number of morpholine rings is 1. The molecule has 1 aliphatic rings. The Morgan fingerprint density at radius 1 is 1.14 bits per heavy atom. The fourth-order valence-electron chi connectivity index (χ4n) is 2.38. The maximum atomic E-state index is 12.5. The van der Waals surface area contributed by atoms with Crippen LogP contribution in [0.2, 0.25) is 0 Å². The predicted molar refractivity (Wildman–Crippen MR) is 81.7 cm³/mol. The number of ether oxygens (including phenoxy) is 1. The molecule has 1 aliphatic heterocycles. The maximum absolute atomic E-state index is 12.5. The fraction of sp³-hybridized carbons (Fsp3) is 0.250. The second kappa shape index (κ2) is 6.37. The molecular weight excluding hydrogens is 266 g/mol. The number of para-hydroxylation sites is 1. The van der Waals surface area contributed by atoms with Crippen LogP contribution in [-0.2, 0) is 4.74 Å². The van der Waals surface area contributed by atoms with E-state index in [2.05, 4.69) is 15.2 Å². The molecule has 0 saturated carbocycles. The number of pyridine rings is 1. The Hall–Kier alpha value is -2.40. The Kier molecular flexibility index (Phi) is 4.12. The molecule has 0 aliphatic carbocycles. The molecule has 5 heteroatoms. The Morgan fingerprint density at radius 2 is 1.95 bits per heavy atom. The van der Waals surface area contributed by atoms with E-state index in [-0.39, 0.29) is 5.91 Å². The minimum absolute atomic E-state index is 0.120. The van der Waals surface area contributed by atoms with E-state index in [1.165, 1.54) is 0 Å². The molecule has 21 heavy (non-hydrogen) atoms. The van der Waals surface area contributed by atoms with Crippen molar-refractivity contribution < 1.29 is 9.53 Å². The van der Waals surface area contributed by atoms with Crippen molar-refractivity contribution in [1.29, 1.82) is 0 Å². The fourth-order valence-corrected chi connectivity index (χ4v) is 2.38. The summed E-state index contributed by atoms with van der Waals surface area (Å²) >= 11 is 0. The van der Waals surface area contributed by atoms with E-state index >= 15 is 0 Å². The molecule has 0 bridgehead atoms. The average Bonchev–Trinajstić information content (AvgIpc) is 2.56. The van der Waals surface area contributed by atoms with Crippen LogP contribution in [-0.4, -0.2) is 37.2 Å². The van der Waals surface area contributed by atoms with Crippen LogP contribution in [0.15, 0.2) is 48.8 Å². The van der Waals surface area contributed by atoms with Gasteiger partial charge in [-0.25, -0.2) is 0 Å². The summed E-state index contributed by atoms with van der Waals surface area (Å²) < 4.78 is 5.37. The highest BCUT2D eigenvalue weighted by Crippen LogP contribution is 2.22. The number of carbonyl (C=O) groups excluding carboxylic acids is 1. The van der Waals surface area contributed by atoms with Crippen molar-refractivity contribution in [2.24, 2.45) is 0 Å². The number of aromatic nitrogens is 1. The van der Waals surface area contributed by atoms with Crippen LogP contribution in [0.25, 0.3) is 0 Å². The van der Waals surface area contributed by atoms with E-state index in [1.807, 2.05) is 30.3 Å². The average molecular weight is 283 g/mol. The van der Waals surface area contributed by atoms with Crippen LogP contribution < -0.4 is 10.2 Å². The Labute approximate surface area is 123 Å². The van der Waals surface area contributed by atoms with Gasteiger partial charge in [0.05, 0.1) is 30.7 Å². The van der Waals surface area contributed by atoms with E-state index in [4.69, 9.17) is 4.74 Å². The zero-order valence-electron chi connectivity index (χ0n) is 11.7. The summed E-state index contributed by atoms with van der Waals surface area (Å²) in [5, 5.41) is 2.88. The number of rotatable bonds is 3. The Balaban J connectivity index is 1.82. The van der Waals surface area contributed by atoms with Gasteiger partial charge >= 0.3 is 0 Å². The molecule has 1 saturated heterocycles. The highest BCUT2D eigenvalue weighted by Gasteiger charge is 2.18. The molecule has 3 rings (SSSR count). The first-order valence-corrected chi connectivity index (χ1v) is 6.98. The van der Waals surface area contributed by atoms with E-state index in [1.54, 1.807) is 18.5 Å². The van der Waals surface area contributed by atoms with Crippen molar-refractivity contribution in [3.63, 3.8) is 0 Å². The number of nitrogens with zero attached hydrogens (tertiary/aromatic N) is 2. The molecule has 0 atom stereocenters. The lowest BCUT2D eigenvalue weighted by atomic mass is 10.1. The number of amides is 1. The number of nitrogens with one attached hydrogen (secondary N) is 1. The third-order valence-electron chi connectivity index (χ3n) is 3.42. The summed E-state index contributed by atoms with van der Waals surface area (Å²) in [6.45, 7) is 2.99. The van der Waals surface area contributed by atoms with Crippen LogP contribution in [0.3, 0.4) is 0 Å². The molecule has 2 aromatic rings. The summed E-state index contributed by atoms with van der Waals surface area (Å²) in [5.74, 6) is -0.120. The van der Waals surface area contributed by atoms with Gasteiger partial charge in [0.15, 0.2) is 0 Å². The monoisotopic (exact) mass is 283 g/mol. The van der Waals surface area contributed by atoms with E-state index in [0.717, 1.165) is 18.8 Å². The third kappa shape index (κ3) is 3.20. The summed E-state index contributed by atoms with van der Waals surface area (Å²) in [6.07, 6.45) is 3.31. The lowest BCUT2D eigenvalue weighted by Crippen LogP contribution is -2.37. The summed E-state index contributed by atoms with van der Waals surface area (Å²) in [4.78, 5) is 18.7. The minimum atomic E-state index is -0.120. The molecule has 2 heterocycles. The van der Waals surface area contributed by atoms with Crippen molar-refractivity contribution in [2.45, 2.75) is 0 Å². The molecule has 0 unspecified atom stereocenters. The summed E-state index contributed by atoms with van der Waals surface area (Å²) in [5.41, 5.74) is 2.31. The quantitative estimate of drug-likeness (QED) is 0.938. The second-order valence-electron chi connectivity index (χ2n) is 4.81. The molecule has 0 radical (unpaired) electrons. The van der Waals surface area contributed by atoms with Gasteiger partial charge in [0, 0.05) is 25.0 Å². The lowest BCUT2D eigenvalue weighted by molar-refractivity contribution is 0.102. The maximum Gasteiger partial charge on any atom is 0.257 e. The highest BCUT2D eigenvalue weighted by molar-refractivity contribution is 6.08. The van der Waals surface area contributed by atoms with Gasteiger partial charge in [-0.3, -0.25) is 9.78 Å². The number of benzene rings is 1. The van der Waals surface area contributed by atoms with Gasteiger partial charge in [0.25, 0.3) is 5.91 Å². The molecule has 1 amide bonds. The zero-order valence-corrected chi connectivity index (χ0v) is 11.7. The second-order valence-corrected chi connectivity index (χ2v) is 4.81. The van der Waals surface area contributed by atoms with E-state index < -0.39 is 0 Å². The number of anilines is 2. The number of hydrogen-bond donors (Lipinski definition) is 1. The van der Waals surface area contributed by atoms with Gasteiger partial charge in [-0.05, 0) is 24.3 Å². The molecule has 0 spiro atoms. The number of carbonyl (C=O) groups is 1. The zero-order chi connectivity index (χ0) is 14.5. The van der Waals surface area contributed by atoms with Gasteiger partial charge in [-0.2, -0.15) is 0 Å². The van der Waals surface area contributed by atoms with Gasteiger partial charge in [-0.1, -0.05) is 12.1 Å². The molecule has 1 N–H and O–H groups in total.